The van der Waals surface area contributed by atoms with Crippen molar-refractivity contribution in [1.29, 1.82) is 0 Å². The van der Waals surface area contributed by atoms with E-state index in [0.29, 0.717) is 42.0 Å². The van der Waals surface area contributed by atoms with Gasteiger partial charge in [-0.15, -0.1) is 0 Å². The van der Waals surface area contributed by atoms with E-state index in [1.807, 2.05) is 36.4 Å². The zero-order chi connectivity index (χ0) is 26.8. The number of benzene rings is 2. The van der Waals surface area contributed by atoms with Crippen LogP contribution < -0.4 is 9.64 Å². The summed E-state index contributed by atoms with van der Waals surface area (Å²) in [7, 11) is 3.41. The van der Waals surface area contributed by atoms with Gasteiger partial charge >= 0.3 is 0 Å². The highest BCUT2D eigenvalue weighted by atomic mass is 16.5. The lowest BCUT2D eigenvalue weighted by Crippen LogP contribution is -2.27. The Labute approximate surface area is 224 Å². The molecule has 5 aromatic rings. The van der Waals surface area contributed by atoms with Gasteiger partial charge in [0.05, 0.1) is 11.7 Å². The quantitative estimate of drug-likeness (QED) is 0.355. The zero-order valence-electron chi connectivity index (χ0n) is 21.4. The largest absolute Gasteiger partial charge is 0.484 e. The number of carbonyl (C=O) groups excluding carboxylic acids is 1. The minimum absolute atomic E-state index is 0.00369. The number of rotatable bonds is 5. The number of nitrogens with one attached hydrogen (secondary N) is 1. The van der Waals surface area contributed by atoms with Gasteiger partial charge in [0, 0.05) is 50.5 Å². The lowest BCUT2D eigenvalue weighted by atomic mass is 10.1. The molecule has 0 aliphatic carbocycles. The average molecular weight is 517 g/mol. The fraction of sp³-hybridized carbons (Fsp3) is 0.172. The van der Waals surface area contributed by atoms with E-state index in [1.165, 1.54) is 4.90 Å². The van der Waals surface area contributed by atoms with Crippen LogP contribution in [0.3, 0.4) is 0 Å². The molecule has 0 saturated carbocycles. The second-order valence-electron chi connectivity index (χ2n) is 9.29. The van der Waals surface area contributed by atoms with Crippen molar-refractivity contribution < 1.29 is 9.53 Å². The van der Waals surface area contributed by atoms with Gasteiger partial charge in [0.2, 0.25) is 5.95 Å². The molecule has 0 atom stereocenters. The first-order chi connectivity index (χ1) is 19.0. The number of hydrogen-bond acceptors (Lipinski definition) is 8. The predicted molar refractivity (Wildman–Crippen MR) is 146 cm³/mol. The van der Waals surface area contributed by atoms with Crippen molar-refractivity contribution in [3.63, 3.8) is 0 Å². The third-order valence-electron chi connectivity index (χ3n) is 6.35. The van der Waals surface area contributed by atoms with E-state index >= 15 is 0 Å². The summed E-state index contributed by atoms with van der Waals surface area (Å²) < 4.78 is 5.67. The van der Waals surface area contributed by atoms with Crippen LogP contribution >= 0.6 is 0 Å². The first kappa shape index (κ1) is 24.1. The number of aromatic amines is 1. The molecule has 0 unspecified atom stereocenters. The fourth-order valence-electron chi connectivity index (χ4n) is 4.21. The number of carbonyl (C=O) groups is 1. The van der Waals surface area contributed by atoms with Crippen molar-refractivity contribution in [3.05, 3.63) is 89.5 Å². The summed E-state index contributed by atoms with van der Waals surface area (Å²) in [4.78, 5) is 33.7. The van der Waals surface area contributed by atoms with Crippen LogP contribution in [0, 0.1) is 11.8 Å². The molecule has 192 valence electrons. The van der Waals surface area contributed by atoms with Crippen LogP contribution in [0.5, 0.6) is 5.75 Å². The zero-order valence-corrected chi connectivity index (χ0v) is 21.4. The van der Waals surface area contributed by atoms with E-state index < -0.39 is 0 Å². The number of H-pyrrole nitrogens is 1. The Morgan fingerprint density at radius 3 is 2.77 bits per heavy atom. The number of fused-ring (bicyclic) bond motifs is 2. The number of ether oxygens (including phenoxy) is 1. The average Bonchev–Trinajstić information content (AvgIpc) is 3.61. The molecule has 10 heteroatoms. The molecule has 1 N–H and O–H groups in total. The third kappa shape index (κ3) is 5.24. The van der Waals surface area contributed by atoms with Gasteiger partial charge in [-0.25, -0.2) is 19.9 Å². The molecular formula is C29H24N8O2. The molecule has 6 rings (SSSR count). The van der Waals surface area contributed by atoms with Gasteiger partial charge in [0.1, 0.15) is 17.1 Å². The SMILES string of the molecule is CN(C)C(=O)COc1ccc2c(c1)CN(c1nccc(-c3nccc(C#Cc4ccc5[nH]ncc5c4)n3)n1)C2. The summed E-state index contributed by atoms with van der Waals surface area (Å²) in [6.07, 6.45) is 5.17. The van der Waals surface area contributed by atoms with E-state index in [4.69, 9.17) is 9.72 Å². The lowest BCUT2D eigenvalue weighted by Gasteiger charge is -2.15. The Hall–Kier alpha value is -5.30. The van der Waals surface area contributed by atoms with E-state index in [0.717, 1.165) is 27.6 Å². The lowest BCUT2D eigenvalue weighted by molar-refractivity contribution is -0.130. The molecule has 1 aliphatic heterocycles. The van der Waals surface area contributed by atoms with E-state index in [-0.39, 0.29) is 12.5 Å². The number of hydrogen-bond donors (Lipinski definition) is 1. The van der Waals surface area contributed by atoms with Crippen LogP contribution in [-0.2, 0) is 17.9 Å². The fourth-order valence-corrected chi connectivity index (χ4v) is 4.21. The van der Waals surface area contributed by atoms with Crippen molar-refractivity contribution in [2.75, 3.05) is 25.6 Å². The third-order valence-corrected chi connectivity index (χ3v) is 6.35. The number of aromatic nitrogens is 6. The van der Waals surface area contributed by atoms with Gasteiger partial charge in [-0.3, -0.25) is 9.89 Å². The van der Waals surface area contributed by atoms with Crippen molar-refractivity contribution in [3.8, 4) is 29.1 Å². The van der Waals surface area contributed by atoms with Crippen molar-refractivity contribution >= 4 is 22.8 Å². The summed E-state index contributed by atoms with van der Waals surface area (Å²) in [5.74, 6) is 7.92. The van der Waals surface area contributed by atoms with Crippen molar-refractivity contribution in [1.82, 2.24) is 35.0 Å². The topological polar surface area (TPSA) is 113 Å². The standard InChI is InChI=1S/C29H24N8O2/c1-36(2)27(38)18-39-24-7-5-20-16-37(17-22(20)14-24)29-31-12-10-26(34-29)28-30-11-9-23(33-28)6-3-19-4-8-25-21(13-19)15-32-35-25/h4-5,7-15H,16-18H2,1-2H3,(H,32,35). The van der Waals surface area contributed by atoms with Gasteiger partial charge in [-0.05, 0) is 59.5 Å². The molecule has 1 amide bonds. The highest BCUT2D eigenvalue weighted by molar-refractivity contribution is 5.79. The molecule has 1 aliphatic rings. The van der Waals surface area contributed by atoms with E-state index in [9.17, 15) is 4.79 Å². The van der Waals surface area contributed by atoms with Crippen molar-refractivity contribution in [2.24, 2.45) is 0 Å². The summed E-state index contributed by atoms with van der Waals surface area (Å²) in [6.45, 7) is 1.30. The maximum absolute atomic E-state index is 11.8. The first-order valence-electron chi connectivity index (χ1n) is 12.3. The van der Waals surface area contributed by atoms with Crippen LogP contribution in [0.25, 0.3) is 22.4 Å². The highest BCUT2D eigenvalue weighted by Gasteiger charge is 2.22. The highest BCUT2D eigenvalue weighted by Crippen LogP contribution is 2.29. The smallest absolute Gasteiger partial charge is 0.259 e. The molecule has 0 saturated heterocycles. The number of nitrogens with zero attached hydrogens (tertiary/aromatic N) is 7. The van der Waals surface area contributed by atoms with Gasteiger partial charge in [0.15, 0.2) is 12.4 Å². The maximum atomic E-state index is 11.8. The molecule has 4 heterocycles. The molecule has 10 nitrogen and oxygen atoms in total. The normalized spacial score (nSPS) is 12.1. The van der Waals surface area contributed by atoms with Gasteiger partial charge in [-0.1, -0.05) is 12.0 Å². The van der Waals surface area contributed by atoms with Gasteiger partial charge in [-0.2, -0.15) is 5.10 Å². The summed E-state index contributed by atoms with van der Waals surface area (Å²) in [5, 5.41) is 7.99. The summed E-state index contributed by atoms with van der Waals surface area (Å²) in [6, 6.07) is 15.3. The van der Waals surface area contributed by atoms with Crippen LogP contribution in [0.2, 0.25) is 0 Å². The molecule has 39 heavy (non-hydrogen) atoms. The monoisotopic (exact) mass is 516 g/mol. The Morgan fingerprint density at radius 1 is 1.00 bits per heavy atom. The Kier molecular flexibility index (Phi) is 6.31. The van der Waals surface area contributed by atoms with Crippen LogP contribution in [0.15, 0.2) is 67.1 Å². The second-order valence-corrected chi connectivity index (χ2v) is 9.29. The molecule has 3 aromatic heterocycles. The second kappa shape index (κ2) is 10.2. The molecule has 0 spiro atoms. The first-order valence-corrected chi connectivity index (χ1v) is 12.3. The van der Waals surface area contributed by atoms with Crippen molar-refractivity contribution in [2.45, 2.75) is 13.1 Å². The Morgan fingerprint density at radius 2 is 1.87 bits per heavy atom. The number of anilines is 1. The Balaban J connectivity index is 1.18. The number of amides is 1. The van der Waals surface area contributed by atoms with Crippen LogP contribution in [0.4, 0.5) is 5.95 Å². The minimum Gasteiger partial charge on any atom is -0.484 e. The molecule has 0 radical (unpaired) electrons. The summed E-state index contributed by atoms with van der Waals surface area (Å²) >= 11 is 0. The number of likely N-dealkylation sites (N-methyl/N-ethyl adjacent to an activating group) is 1. The van der Waals surface area contributed by atoms with Gasteiger partial charge in [0.25, 0.3) is 5.91 Å². The molecule has 0 fully saturated rings. The Bertz CT molecular complexity index is 1750. The molecular weight excluding hydrogens is 492 g/mol. The summed E-state index contributed by atoms with van der Waals surface area (Å²) in [5.41, 5.74) is 5.33. The van der Waals surface area contributed by atoms with E-state index in [2.05, 4.69) is 41.9 Å². The minimum atomic E-state index is -0.0876. The van der Waals surface area contributed by atoms with E-state index in [1.54, 1.807) is 44.8 Å². The molecule has 0 bridgehead atoms. The van der Waals surface area contributed by atoms with Crippen LogP contribution in [-0.4, -0.2) is 61.6 Å². The van der Waals surface area contributed by atoms with Gasteiger partial charge < -0.3 is 14.5 Å². The van der Waals surface area contributed by atoms with Crippen LogP contribution in [0.1, 0.15) is 22.4 Å². The molecule has 2 aromatic carbocycles. The maximum Gasteiger partial charge on any atom is 0.259 e. The predicted octanol–water partition coefficient (Wildman–Crippen LogP) is 3.20.